The maximum atomic E-state index is 12.4. The molecule has 1 saturated heterocycles. The van der Waals surface area contributed by atoms with E-state index in [1.807, 2.05) is 0 Å². The first-order valence-electron chi connectivity index (χ1n) is 10.6. The molecule has 0 unspecified atom stereocenters. The smallest absolute Gasteiger partial charge is 0.319 e. The van der Waals surface area contributed by atoms with Crippen LogP contribution in [0.5, 0.6) is 11.5 Å². The number of aliphatic hydroxyl groups excluding tert-OH is 1. The molecule has 4 N–H and O–H groups in total. The van der Waals surface area contributed by atoms with Crippen LogP contribution in [0.25, 0.3) is 0 Å². The number of urea groups is 1. The predicted octanol–water partition coefficient (Wildman–Crippen LogP) is 1.75. The molecule has 2 heterocycles. The van der Waals surface area contributed by atoms with Crippen LogP contribution in [0.4, 0.5) is 10.5 Å². The van der Waals surface area contributed by atoms with Crippen molar-refractivity contribution in [3.05, 3.63) is 18.2 Å². The van der Waals surface area contributed by atoms with Gasteiger partial charge in [-0.15, -0.1) is 0 Å². The van der Waals surface area contributed by atoms with Gasteiger partial charge in [-0.2, -0.15) is 0 Å². The summed E-state index contributed by atoms with van der Waals surface area (Å²) in [5.74, 6) is 1.56. The lowest BCUT2D eigenvalue weighted by molar-refractivity contribution is -0.127. The van der Waals surface area contributed by atoms with E-state index < -0.39 is 6.10 Å². The molecule has 1 aromatic carbocycles. The molecule has 1 saturated carbocycles. The number of benzene rings is 1. The van der Waals surface area contributed by atoms with Crippen molar-refractivity contribution in [2.75, 3.05) is 25.3 Å². The van der Waals surface area contributed by atoms with Gasteiger partial charge < -0.3 is 35.3 Å². The van der Waals surface area contributed by atoms with Gasteiger partial charge in [-0.1, -0.05) is 6.42 Å². The molecule has 0 bridgehead atoms. The van der Waals surface area contributed by atoms with Crippen molar-refractivity contribution in [1.82, 2.24) is 10.6 Å². The van der Waals surface area contributed by atoms with Crippen molar-refractivity contribution in [2.45, 2.75) is 56.8 Å². The molecule has 0 radical (unpaired) electrons. The highest BCUT2D eigenvalue weighted by Crippen LogP contribution is 2.34. The summed E-state index contributed by atoms with van der Waals surface area (Å²) in [5, 5.41) is 18.3. The molecule has 164 valence electrons. The molecule has 1 aromatic rings. The second-order valence-corrected chi connectivity index (χ2v) is 8.04. The molecular formula is C21H29N3O6. The lowest BCUT2D eigenvalue weighted by atomic mass is 9.85. The third kappa shape index (κ3) is 4.96. The maximum Gasteiger partial charge on any atom is 0.319 e. The van der Waals surface area contributed by atoms with Crippen molar-refractivity contribution < 1.29 is 28.9 Å². The van der Waals surface area contributed by atoms with Crippen LogP contribution >= 0.6 is 0 Å². The second-order valence-electron chi connectivity index (χ2n) is 8.04. The molecule has 2 fully saturated rings. The van der Waals surface area contributed by atoms with Crippen molar-refractivity contribution in [1.29, 1.82) is 0 Å². The van der Waals surface area contributed by atoms with E-state index in [1.54, 1.807) is 18.2 Å². The van der Waals surface area contributed by atoms with E-state index in [1.165, 1.54) is 0 Å². The van der Waals surface area contributed by atoms with E-state index in [4.69, 9.17) is 14.2 Å². The fraction of sp³-hybridized carbons (Fsp3) is 0.619. The lowest BCUT2D eigenvalue weighted by Gasteiger charge is -2.36. The van der Waals surface area contributed by atoms with Gasteiger partial charge in [-0.3, -0.25) is 4.79 Å². The number of carbonyl (C=O) groups is 2. The van der Waals surface area contributed by atoms with Gasteiger partial charge in [0.2, 0.25) is 12.7 Å². The minimum absolute atomic E-state index is 0.0428. The number of amides is 3. The van der Waals surface area contributed by atoms with Crippen LogP contribution < -0.4 is 25.4 Å². The van der Waals surface area contributed by atoms with Crippen molar-refractivity contribution in [2.24, 2.45) is 5.92 Å². The Balaban J connectivity index is 1.21. The van der Waals surface area contributed by atoms with E-state index >= 15 is 0 Å². The number of aliphatic hydroxyl groups is 1. The van der Waals surface area contributed by atoms with Crippen LogP contribution in [-0.4, -0.2) is 55.2 Å². The SMILES string of the molecule is O=C(Nc1ccc2c(c1)OCO2)N[C@H]1CC[C@@H](CCNC(=O)C2CCC2)O[C@H]1CO. The average Bonchev–Trinajstić information content (AvgIpc) is 3.15. The zero-order chi connectivity index (χ0) is 20.9. The Kier molecular flexibility index (Phi) is 6.59. The maximum absolute atomic E-state index is 12.4. The van der Waals surface area contributed by atoms with Crippen molar-refractivity contribution >= 4 is 17.6 Å². The summed E-state index contributed by atoms with van der Waals surface area (Å²) >= 11 is 0. The zero-order valence-electron chi connectivity index (χ0n) is 16.9. The van der Waals surface area contributed by atoms with Crippen molar-refractivity contribution in [3.8, 4) is 11.5 Å². The third-order valence-electron chi connectivity index (χ3n) is 5.98. The number of anilines is 1. The first kappa shape index (κ1) is 20.7. The summed E-state index contributed by atoms with van der Waals surface area (Å²) in [6, 6.07) is 4.53. The summed E-state index contributed by atoms with van der Waals surface area (Å²) in [6.45, 7) is 0.564. The van der Waals surface area contributed by atoms with Gasteiger partial charge in [0.05, 0.1) is 18.8 Å². The summed E-state index contributed by atoms with van der Waals surface area (Å²) < 4.78 is 16.5. The first-order valence-corrected chi connectivity index (χ1v) is 10.6. The van der Waals surface area contributed by atoms with Crippen LogP contribution in [0.3, 0.4) is 0 Å². The van der Waals surface area contributed by atoms with E-state index in [0.717, 1.165) is 25.7 Å². The highest BCUT2D eigenvalue weighted by molar-refractivity contribution is 5.90. The van der Waals surface area contributed by atoms with Crippen LogP contribution in [0.15, 0.2) is 18.2 Å². The number of carbonyl (C=O) groups excluding carboxylic acids is 2. The van der Waals surface area contributed by atoms with Gasteiger partial charge in [0.15, 0.2) is 11.5 Å². The average molecular weight is 419 g/mol. The van der Waals surface area contributed by atoms with Crippen LogP contribution in [0.1, 0.15) is 38.5 Å². The molecule has 3 atom stereocenters. The Labute approximate surface area is 175 Å². The minimum Gasteiger partial charge on any atom is -0.454 e. The quantitative estimate of drug-likeness (QED) is 0.535. The number of fused-ring (bicyclic) bond motifs is 1. The number of ether oxygens (including phenoxy) is 3. The molecule has 4 rings (SSSR count). The Morgan fingerprint density at radius 3 is 2.70 bits per heavy atom. The second kappa shape index (κ2) is 9.53. The topological polar surface area (TPSA) is 118 Å². The summed E-state index contributed by atoms with van der Waals surface area (Å²) in [7, 11) is 0. The Bertz CT molecular complexity index is 769. The number of nitrogens with one attached hydrogen (secondary N) is 3. The van der Waals surface area contributed by atoms with E-state index in [0.29, 0.717) is 36.6 Å². The van der Waals surface area contributed by atoms with E-state index in [9.17, 15) is 14.7 Å². The van der Waals surface area contributed by atoms with Gasteiger partial charge in [0.25, 0.3) is 0 Å². The highest BCUT2D eigenvalue weighted by Gasteiger charge is 2.32. The van der Waals surface area contributed by atoms with Crippen molar-refractivity contribution in [3.63, 3.8) is 0 Å². The molecule has 9 nitrogen and oxygen atoms in total. The molecule has 0 spiro atoms. The highest BCUT2D eigenvalue weighted by atomic mass is 16.7. The number of hydrogen-bond donors (Lipinski definition) is 4. The first-order chi connectivity index (χ1) is 14.6. The summed E-state index contributed by atoms with van der Waals surface area (Å²) in [4.78, 5) is 24.3. The number of rotatable bonds is 7. The fourth-order valence-corrected chi connectivity index (χ4v) is 3.99. The number of hydrogen-bond acceptors (Lipinski definition) is 6. The Hall–Kier alpha value is -2.52. The molecule has 9 heteroatoms. The zero-order valence-corrected chi connectivity index (χ0v) is 16.9. The molecule has 0 aromatic heterocycles. The normalized spacial score (nSPS) is 25.3. The van der Waals surface area contributed by atoms with Crippen LogP contribution in [0, 0.1) is 5.92 Å². The van der Waals surface area contributed by atoms with Crippen LogP contribution in [-0.2, 0) is 9.53 Å². The molecular weight excluding hydrogens is 390 g/mol. The van der Waals surface area contributed by atoms with Gasteiger partial charge >= 0.3 is 6.03 Å². The molecule has 2 aliphatic heterocycles. The molecule has 30 heavy (non-hydrogen) atoms. The molecule has 3 aliphatic rings. The van der Waals surface area contributed by atoms with E-state index in [2.05, 4.69) is 16.0 Å². The van der Waals surface area contributed by atoms with Gasteiger partial charge in [0, 0.05) is 24.2 Å². The molecule has 3 amide bonds. The lowest BCUT2D eigenvalue weighted by Crippen LogP contribution is -2.52. The predicted molar refractivity (Wildman–Crippen MR) is 108 cm³/mol. The Morgan fingerprint density at radius 1 is 1.10 bits per heavy atom. The minimum atomic E-state index is -0.478. The standard InChI is InChI=1S/C21H29N3O6/c25-11-19-16(6-5-15(30-19)8-9-22-20(26)13-2-1-3-13)24-21(27)23-14-4-7-17-18(10-14)29-12-28-17/h4,7,10,13,15-16,19,25H,1-3,5-6,8-9,11-12H2,(H,22,26)(H2,23,24,27)/t15-,16-,19-/m0/s1. The third-order valence-corrected chi connectivity index (χ3v) is 5.98. The summed E-state index contributed by atoms with van der Waals surface area (Å²) in [5.41, 5.74) is 0.592. The summed E-state index contributed by atoms with van der Waals surface area (Å²) in [6.07, 6.45) is 4.74. The van der Waals surface area contributed by atoms with Gasteiger partial charge in [0.1, 0.15) is 6.10 Å². The molecule has 1 aliphatic carbocycles. The van der Waals surface area contributed by atoms with Crippen LogP contribution in [0.2, 0.25) is 0 Å². The largest absolute Gasteiger partial charge is 0.454 e. The van der Waals surface area contributed by atoms with E-state index in [-0.39, 0.29) is 43.4 Å². The Morgan fingerprint density at radius 2 is 1.93 bits per heavy atom. The fourth-order valence-electron chi connectivity index (χ4n) is 3.99. The van der Waals surface area contributed by atoms with Gasteiger partial charge in [-0.05, 0) is 44.2 Å². The van der Waals surface area contributed by atoms with Gasteiger partial charge in [-0.25, -0.2) is 4.79 Å². The monoisotopic (exact) mass is 419 g/mol.